The van der Waals surface area contributed by atoms with E-state index in [1.807, 2.05) is 75.5 Å². The topological polar surface area (TPSA) is 78.6 Å². The quantitative estimate of drug-likeness (QED) is 0.532. The Kier molecular flexibility index (Phi) is 6.75. The predicted molar refractivity (Wildman–Crippen MR) is 131 cm³/mol. The van der Waals surface area contributed by atoms with Crippen molar-refractivity contribution in [3.8, 4) is 11.3 Å². The van der Waals surface area contributed by atoms with Gasteiger partial charge in [0.25, 0.3) is 0 Å². The normalized spacial score (nSPS) is 24.0. The molecule has 1 aliphatic heterocycles. The largest absolute Gasteiger partial charge is 0.388 e. The number of carbonyl (C=O) groups is 1. The Morgan fingerprint density at radius 3 is 2.70 bits per heavy atom. The van der Waals surface area contributed by atoms with E-state index in [0.29, 0.717) is 25.9 Å². The van der Waals surface area contributed by atoms with Gasteiger partial charge in [-0.05, 0) is 30.2 Å². The minimum absolute atomic E-state index is 0.0396. The molecule has 1 amide bonds. The Morgan fingerprint density at radius 2 is 2.03 bits per heavy atom. The summed E-state index contributed by atoms with van der Waals surface area (Å²) in [6.45, 7) is 9.19. The number of nitrogens with one attached hydrogen (secondary N) is 1. The van der Waals surface area contributed by atoms with Gasteiger partial charge in [0.15, 0.2) is 5.76 Å². The third kappa shape index (κ3) is 5.72. The molecule has 0 saturated carbocycles. The lowest BCUT2D eigenvalue weighted by molar-refractivity contribution is -0.130. The average molecular weight is 468 g/mol. The molecule has 2 aromatic heterocycles. The molecule has 0 radical (unpaired) electrons. The number of hydrogen-bond acceptors (Lipinski definition) is 6. The number of thiophene rings is 1. The molecule has 0 spiro atoms. The number of aliphatic hydroxyl groups is 1. The number of piperidine rings is 1. The maximum Gasteiger partial charge on any atom is 0.220 e. The fourth-order valence-corrected chi connectivity index (χ4v) is 5.37. The monoisotopic (exact) mass is 467 g/mol. The van der Waals surface area contributed by atoms with Crippen LogP contribution in [0.1, 0.15) is 57.2 Å². The van der Waals surface area contributed by atoms with Crippen LogP contribution in [0.25, 0.3) is 11.3 Å². The second kappa shape index (κ2) is 9.41. The molecule has 3 atom stereocenters. The van der Waals surface area contributed by atoms with Crippen molar-refractivity contribution in [2.45, 2.75) is 64.8 Å². The average Bonchev–Trinajstić information content (AvgIpc) is 3.42. The molecule has 1 aromatic carbocycles. The smallest absolute Gasteiger partial charge is 0.220 e. The zero-order valence-electron chi connectivity index (χ0n) is 19.7. The van der Waals surface area contributed by atoms with E-state index in [1.165, 1.54) is 0 Å². The summed E-state index contributed by atoms with van der Waals surface area (Å²) in [5.41, 5.74) is 0.666. The Bertz CT molecular complexity index is 1050. The van der Waals surface area contributed by atoms with Crippen molar-refractivity contribution in [1.82, 2.24) is 15.4 Å². The summed E-state index contributed by atoms with van der Waals surface area (Å²) in [5.74, 6) is 0.721. The van der Waals surface area contributed by atoms with Gasteiger partial charge in [0.1, 0.15) is 5.69 Å². The fraction of sp³-hybridized carbons (Fsp3) is 0.462. The van der Waals surface area contributed by atoms with Gasteiger partial charge in [-0.1, -0.05) is 62.3 Å². The first-order chi connectivity index (χ1) is 15.6. The van der Waals surface area contributed by atoms with Gasteiger partial charge in [0.05, 0.1) is 24.2 Å². The number of likely N-dealkylation sites (tertiary alicyclic amines) is 1. The Hall–Kier alpha value is -2.48. The molecule has 1 aliphatic rings. The SMILES string of the molecule is CC(C)(C)CC(=O)N[C@H]1[C@H](c2cccs2)N(Cc2cc(-c3ccccc3)no2)CC[C@@]1(C)O. The van der Waals surface area contributed by atoms with Gasteiger partial charge in [-0.3, -0.25) is 9.69 Å². The lowest BCUT2D eigenvalue weighted by Gasteiger charge is -2.48. The van der Waals surface area contributed by atoms with E-state index in [2.05, 4.69) is 21.4 Å². The molecule has 3 aromatic rings. The predicted octanol–water partition coefficient (Wildman–Crippen LogP) is 5.02. The summed E-state index contributed by atoms with van der Waals surface area (Å²) >= 11 is 1.64. The summed E-state index contributed by atoms with van der Waals surface area (Å²) in [7, 11) is 0. The van der Waals surface area contributed by atoms with Crippen LogP contribution >= 0.6 is 11.3 Å². The van der Waals surface area contributed by atoms with Crippen LogP contribution in [0, 0.1) is 5.41 Å². The second-order valence-corrected chi connectivity index (χ2v) is 11.3. The molecule has 176 valence electrons. The van der Waals surface area contributed by atoms with E-state index in [1.54, 1.807) is 11.3 Å². The molecule has 1 saturated heterocycles. The van der Waals surface area contributed by atoms with E-state index < -0.39 is 11.6 Å². The van der Waals surface area contributed by atoms with Crippen LogP contribution in [-0.2, 0) is 11.3 Å². The lowest BCUT2D eigenvalue weighted by atomic mass is 9.81. The van der Waals surface area contributed by atoms with Gasteiger partial charge in [0, 0.05) is 29.5 Å². The zero-order chi connectivity index (χ0) is 23.6. The van der Waals surface area contributed by atoms with Crippen molar-refractivity contribution >= 4 is 17.2 Å². The number of benzene rings is 1. The summed E-state index contributed by atoms with van der Waals surface area (Å²) < 4.78 is 5.68. The third-order valence-electron chi connectivity index (χ3n) is 6.11. The minimum Gasteiger partial charge on any atom is -0.388 e. The van der Waals surface area contributed by atoms with Gasteiger partial charge in [-0.25, -0.2) is 0 Å². The number of aromatic nitrogens is 1. The summed E-state index contributed by atoms with van der Waals surface area (Å²) in [6, 6.07) is 15.4. The first kappa shape index (κ1) is 23.7. The molecule has 4 rings (SSSR count). The summed E-state index contributed by atoms with van der Waals surface area (Å²) in [6.07, 6.45) is 0.953. The lowest BCUT2D eigenvalue weighted by Crippen LogP contribution is -2.62. The highest BCUT2D eigenvalue weighted by atomic mass is 32.1. The van der Waals surface area contributed by atoms with Crippen molar-refractivity contribution in [3.63, 3.8) is 0 Å². The number of rotatable bonds is 6. The van der Waals surface area contributed by atoms with E-state index in [0.717, 1.165) is 21.9 Å². The number of hydrogen-bond donors (Lipinski definition) is 2. The third-order valence-corrected chi connectivity index (χ3v) is 7.06. The van der Waals surface area contributed by atoms with Crippen LogP contribution in [0.5, 0.6) is 0 Å². The highest BCUT2D eigenvalue weighted by Gasteiger charge is 2.47. The molecular formula is C26H33N3O3S. The van der Waals surface area contributed by atoms with E-state index in [9.17, 15) is 9.90 Å². The van der Waals surface area contributed by atoms with Gasteiger partial charge in [0.2, 0.25) is 5.91 Å². The molecular weight excluding hydrogens is 434 g/mol. The zero-order valence-corrected chi connectivity index (χ0v) is 20.6. The van der Waals surface area contributed by atoms with Crippen molar-refractivity contribution in [3.05, 3.63) is 64.5 Å². The standard InChI is InChI=1S/C26H33N3O3S/c1-25(2,3)16-22(30)27-24-23(21-11-8-14-33-21)29(13-12-26(24,4)31)17-19-15-20(28-32-19)18-9-6-5-7-10-18/h5-11,14-15,23-24,31H,12-13,16-17H2,1-4H3,(H,27,30)/t23-,24-,26+/m0/s1. The van der Waals surface area contributed by atoms with Gasteiger partial charge < -0.3 is 14.9 Å². The number of amides is 1. The summed E-state index contributed by atoms with van der Waals surface area (Å²) in [5, 5.41) is 20.8. The molecule has 1 fully saturated rings. The first-order valence-electron chi connectivity index (χ1n) is 11.4. The van der Waals surface area contributed by atoms with Crippen LogP contribution in [-0.4, -0.2) is 39.3 Å². The molecule has 6 nitrogen and oxygen atoms in total. The molecule has 2 N–H and O–H groups in total. The molecule has 7 heteroatoms. The fourth-order valence-electron chi connectivity index (χ4n) is 4.47. The minimum atomic E-state index is -1.02. The van der Waals surface area contributed by atoms with Crippen LogP contribution in [0.4, 0.5) is 0 Å². The van der Waals surface area contributed by atoms with Crippen molar-refractivity contribution in [1.29, 1.82) is 0 Å². The van der Waals surface area contributed by atoms with E-state index in [-0.39, 0.29) is 17.4 Å². The van der Waals surface area contributed by atoms with Gasteiger partial charge in [-0.15, -0.1) is 11.3 Å². The van der Waals surface area contributed by atoms with Crippen LogP contribution in [0.15, 0.2) is 58.4 Å². The number of carbonyl (C=O) groups excluding carboxylic acids is 1. The van der Waals surface area contributed by atoms with Gasteiger partial charge in [-0.2, -0.15) is 0 Å². The van der Waals surface area contributed by atoms with Crippen molar-refractivity contribution in [2.24, 2.45) is 5.41 Å². The molecule has 3 heterocycles. The maximum atomic E-state index is 12.9. The first-order valence-corrected chi connectivity index (χ1v) is 12.3. The highest BCUT2D eigenvalue weighted by Crippen LogP contribution is 2.40. The highest BCUT2D eigenvalue weighted by molar-refractivity contribution is 7.10. The van der Waals surface area contributed by atoms with Gasteiger partial charge >= 0.3 is 0 Å². The van der Waals surface area contributed by atoms with Crippen molar-refractivity contribution in [2.75, 3.05) is 6.54 Å². The van der Waals surface area contributed by atoms with E-state index in [4.69, 9.17) is 4.52 Å². The van der Waals surface area contributed by atoms with Crippen molar-refractivity contribution < 1.29 is 14.4 Å². The maximum absolute atomic E-state index is 12.9. The van der Waals surface area contributed by atoms with Crippen LogP contribution < -0.4 is 5.32 Å². The Morgan fingerprint density at radius 1 is 1.27 bits per heavy atom. The van der Waals surface area contributed by atoms with E-state index >= 15 is 0 Å². The molecule has 0 unspecified atom stereocenters. The Balaban J connectivity index is 1.60. The number of nitrogens with zero attached hydrogens (tertiary/aromatic N) is 2. The molecule has 33 heavy (non-hydrogen) atoms. The van der Waals surface area contributed by atoms with Crippen LogP contribution in [0.2, 0.25) is 0 Å². The van der Waals surface area contributed by atoms with Crippen LogP contribution in [0.3, 0.4) is 0 Å². The second-order valence-electron chi connectivity index (χ2n) is 10.4. The Labute approximate surface area is 199 Å². The summed E-state index contributed by atoms with van der Waals surface area (Å²) in [4.78, 5) is 16.3. The molecule has 0 bridgehead atoms. The molecule has 0 aliphatic carbocycles.